The summed E-state index contributed by atoms with van der Waals surface area (Å²) in [5.41, 5.74) is 9.08. The van der Waals surface area contributed by atoms with E-state index in [2.05, 4.69) is 19.9 Å². The topological polar surface area (TPSA) is 44.5 Å². The number of anilines is 1. The molecule has 3 nitrogen and oxygen atoms in total. The van der Waals surface area contributed by atoms with E-state index < -0.39 is 0 Å². The van der Waals surface area contributed by atoms with Crippen molar-refractivity contribution in [2.75, 3.05) is 18.9 Å². The molecule has 0 saturated carbocycles. The maximum atomic E-state index is 6.12. The molecule has 0 unspecified atom stereocenters. The van der Waals surface area contributed by atoms with Crippen molar-refractivity contribution in [2.24, 2.45) is 0 Å². The van der Waals surface area contributed by atoms with E-state index in [1.54, 1.807) is 11.3 Å². The third-order valence-corrected chi connectivity index (χ3v) is 4.01. The summed E-state index contributed by atoms with van der Waals surface area (Å²) in [7, 11) is 0. The lowest BCUT2D eigenvalue weighted by Crippen LogP contribution is -2.15. The monoisotopic (exact) mass is 261 g/mol. The molecule has 2 aromatic rings. The second kappa shape index (κ2) is 4.21. The first-order valence-corrected chi connectivity index (χ1v) is 6.73. The number of ether oxygens (including phenoxy) is 2. The predicted molar refractivity (Wildman–Crippen MR) is 74.6 cm³/mol. The third kappa shape index (κ3) is 1.82. The summed E-state index contributed by atoms with van der Waals surface area (Å²) >= 11 is 1.78. The van der Waals surface area contributed by atoms with Crippen molar-refractivity contribution in [1.82, 2.24) is 0 Å². The Hall–Kier alpha value is -1.68. The molecular weight excluding hydrogens is 246 g/mol. The van der Waals surface area contributed by atoms with Crippen molar-refractivity contribution in [3.05, 3.63) is 28.0 Å². The van der Waals surface area contributed by atoms with E-state index in [0.717, 1.165) is 22.7 Å². The number of benzene rings is 1. The quantitative estimate of drug-likeness (QED) is 0.800. The molecule has 1 aromatic heterocycles. The first kappa shape index (κ1) is 11.4. The molecule has 0 radical (unpaired) electrons. The molecule has 0 atom stereocenters. The van der Waals surface area contributed by atoms with Crippen molar-refractivity contribution in [3.8, 4) is 22.6 Å². The highest BCUT2D eigenvalue weighted by Crippen LogP contribution is 2.41. The minimum atomic E-state index is 0.586. The fourth-order valence-electron chi connectivity index (χ4n) is 2.24. The van der Waals surface area contributed by atoms with Gasteiger partial charge >= 0.3 is 0 Å². The fraction of sp³-hybridized carbons (Fsp3) is 0.286. The molecule has 0 bridgehead atoms. The molecule has 3 rings (SSSR count). The highest BCUT2D eigenvalue weighted by atomic mass is 32.1. The molecule has 2 heterocycles. The summed E-state index contributed by atoms with van der Waals surface area (Å²) in [5.74, 6) is 1.53. The zero-order valence-electron chi connectivity index (χ0n) is 10.4. The molecule has 0 fully saturated rings. The summed E-state index contributed by atoms with van der Waals surface area (Å²) in [6, 6.07) is 6.01. The smallest absolute Gasteiger partial charge is 0.163 e. The Labute approximate surface area is 110 Å². The number of aryl methyl sites for hydroxylation is 2. The molecule has 0 saturated heterocycles. The fourth-order valence-corrected chi connectivity index (χ4v) is 3.17. The molecule has 1 aliphatic rings. The lowest BCUT2D eigenvalue weighted by atomic mass is 10.0. The first-order chi connectivity index (χ1) is 8.65. The van der Waals surface area contributed by atoms with E-state index in [-0.39, 0.29) is 0 Å². The van der Waals surface area contributed by atoms with Crippen LogP contribution in [0.5, 0.6) is 11.5 Å². The van der Waals surface area contributed by atoms with Crippen LogP contribution in [0.4, 0.5) is 5.69 Å². The summed E-state index contributed by atoms with van der Waals surface area (Å²) in [6.45, 7) is 5.40. The largest absolute Gasteiger partial charge is 0.486 e. The highest BCUT2D eigenvalue weighted by Gasteiger charge is 2.17. The van der Waals surface area contributed by atoms with Gasteiger partial charge in [-0.15, -0.1) is 11.3 Å². The minimum absolute atomic E-state index is 0.586. The molecule has 18 heavy (non-hydrogen) atoms. The molecule has 4 heteroatoms. The van der Waals surface area contributed by atoms with Gasteiger partial charge in [-0.05, 0) is 31.5 Å². The van der Waals surface area contributed by atoms with E-state index in [4.69, 9.17) is 15.2 Å². The molecule has 0 amide bonds. The zero-order chi connectivity index (χ0) is 12.7. The summed E-state index contributed by atoms with van der Waals surface area (Å²) in [6.07, 6.45) is 0. The van der Waals surface area contributed by atoms with Crippen molar-refractivity contribution >= 4 is 17.0 Å². The van der Waals surface area contributed by atoms with Gasteiger partial charge in [0.15, 0.2) is 11.5 Å². The number of nitrogens with two attached hydrogens (primary N) is 1. The maximum absolute atomic E-state index is 6.12. The van der Waals surface area contributed by atoms with E-state index in [1.165, 1.54) is 15.3 Å². The van der Waals surface area contributed by atoms with Crippen molar-refractivity contribution in [2.45, 2.75) is 13.8 Å². The lowest BCUT2D eigenvalue weighted by Gasteiger charge is -2.20. The number of rotatable bonds is 1. The molecular formula is C14H15NO2S. The number of nitrogen functional groups attached to an aromatic ring is 1. The van der Waals surface area contributed by atoms with Gasteiger partial charge in [0.05, 0.1) is 0 Å². The van der Waals surface area contributed by atoms with Crippen LogP contribution in [0.3, 0.4) is 0 Å². The van der Waals surface area contributed by atoms with Crippen LogP contribution in [0, 0.1) is 13.8 Å². The Morgan fingerprint density at radius 1 is 1.00 bits per heavy atom. The van der Waals surface area contributed by atoms with E-state index >= 15 is 0 Å². The van der Waals surface area contributed by atoms with Crippen LogP contribution >= 0.6 is 11.3 Å². The van der Waals surface area contributed by atoms with Crippen molar-refractivity contribution in [1.29, 1.82) is 0 Å². The standard InChI is InChI=1S/C14H15NO2S/c1-8-5-10(9(2)18-8)11-6-13-14(7-12(11)15)17-4-3-16-13/h5-7H,3-4,15H2,1-2H3. The molecule has 2 N–H and O–H groups in total. The Morgan fingerprint density at radius 2 is 1.67 bits per heavy atom. The number of fused-ring (bicyclic) bond motifs is 1. The lowest BCUT2D eigenvalue weighted by molar-refractivity contribution is 0.172. The van der Waals surface area contributed by atoms with Gasteiger partial charge in [0.25, 0.3) is 0 Å². The van der Waals surface area contributed by atoms with Gasteiger partial charge in [-0.1, -0.05) is 0 Å². The molecule has 94 valence electrons. The molecule has 1 aromatic carbocycles. The molecule has 1 aliphatic heterocycles. The van der Waals surface area contributed by atoms with Crippen LogP contribution in [0.2, 0.25) is 0 Å². The predicted octanol–water partition coefficient (Wildman–Crippen LogP) is 3.39. The zero-order valence-corrected chi connectivity index (χ0v) is 11.3. The highest BCUT2D eigenvalue weighted by molar-refractivity contribution is 7.12. The van der Waals surface area contributed by atoms with Gasteiger partial charge in [0, 0.05) is 27.1 Å². The SMILES string of the molecule is Cc1cc(-c2cc3c(cc2N)OCCO3)c(C)s1. The van der Waals surface area contributed by atoms with Crippen LogP contribution in [0.15, 0.2) is 18.2 Å². The van der Waals surface area contributed by atoms with Gasteiger partial charge in [0.1, 0.15) is 13.2 Å². The van der Waals surface area contributed by atoms with Crippen molar-refractivity contribution < 1.29 is 9.47 Å². The maximum Gasteiger partial charge on any atom is 0.163 e. The Bertz CT molecular complexity index is 604. The van der Waals surface area contributed by atoms with Crippen LogP contribution in [0.25, 0.3) is 11.1 Å². The normalized spacial score (nSPS) is 13.7. The molecule has 0 aliphatic carbocycles. The third-order valence-electron chi connectivity index (χ3n) is 3.05. The number of hydrogen-bond acceptors (Lipinski definition) is 4. The van der Waals surface area contributed by atoms with Crippen LogP contribution < -0.4 is 15.2 Å². The second-order valence-electron chi connectivity index (χ2n) is 4.41. The van der Waals surface area contributed by atoms with E-state index in [1.807, 2.05) is 12.1 Å². The number of hydrogen-bond donors (Lipinski definition) is 1. The number of thiophene rings is 1. The van der Waals surface area contributed by atoms with Gasteiger partial charge in [-0.25, -0.2) is 0 Å². The first-order valence-electron chi connectivity index (χ1n) is 5.91. The second-order valence-corrected chi connectivity index (χ2v) is 5.87. The van der Waals surface area contributed by atoms with Gasteiger partial charge in [0.2, 0.25) is 0 Å². The van der Waals surface area contributed by atoms with Gasteiger partial charge in [-0.3, -0.25) is 0 Å². The summed E-state index contributed by atoms with van der Waals surface area (Å²) in [4.78, 5) is 2.56. The van der Waals surface area contributed by atoms with Crippen LogP contribution in [0.1, 0.15) is 9.75 Å². The van der Waals surface area contributed by atoms with Crippen LogP contribution in [-0.4, -0.2) is 13.2 Å². The van der Waals surface area contributed by atoms with E-state index in [9.17, 15) is 0 Å². The van der Waals surface area contributed by atoms with E-state index in [0.29, 0.717) is 13.2 Å². The average Bonchev–Trinajstić information content (AvgIpc) is 2.67. The summed E-state index contributed by atoms with van der Waals surface area (Å²) < 4.78 is 11.1. The molecule has 0 spiro atoms. The minimum Gasteiger partial charge on any atom is -0.486 e. The average molecular weight is 261 g/mol. The van der Waals surface area contributed by atoms with Gasteiger partial charge < -0.3 is 15.2 Å². The summed E-state index contributed by atoms with van der Waals surface area (Å²) in [5, 5.41) is 0. The Morgan fingerprint density at radius 3 is 2.28 bits per heavy atom. The van der Waals surface area contributed by atoms with Crippen molar-refractivity contribution in [3.63, 3.8) is 0 Å². The van der Waals surface area contributed by atoms with Gasteiger partial charge in [-0.2, -0.15) is 0 Å². The Balaban J connectivity index is 2.15. The van der Waals surface area contributed by atoms with Crippen LogP contribution in [-0.2, 0) is 0 Å². The Kier molecular flexibility index (Phi) is 2.67.